The Morgan fingerprint density at radius 3 is 2.75 bits per heavy atom. The molecule has 0 aliphatic rings. The minimum atomic E-state index is -0.0743. The van der Waals surface area contributed by atoms with Crippen molar-refractivity contribution in [1.82, 2.24) is 4.98 Å². The fraction of sp³-hybridized carbons (Fsp3) is 0.0556. The zero-order chi connectivity index (χ0) is 16.8. The van der Waals surface area contributed by atoms with Gasteiger partial charge in [0.15, 0.2) is 0 Å². The molecule has 0 spiro atoms. The maximum atomic E-state index is 12.0. The third-order valence-corrected chi connectivity index (χ3v) is 4.15. The molecule has 2 N–H and O–H groups in total. The van der Waals surface area contributed by atoms with Gasteiger partial charge in [-0.1, -0.05) is 18.2 Å². The fourth-order valence-electron chi connectivity index (χ4n) is 2.15. The van der Waals surface area contributed by atoms with Gasteiger partial charge in [0.2, 0.25) is 5.91 Å². The summed E-state index contributed by atoms with van der Waals surface area (Å²) in [5.74, 6) is 0.531. The Kier molecular flexibility index (Phi) is 4.84. The van der Waals surface area contributed by atoms with Gasteiger partial charge in [0, 0.05) is 4.88 Å². The lowest BCUT2D eigenvalue weighted by Gasteiger charge is -2.08. The van der Waals surface area contributed by atoms with Gasteiger partial charge in [0.1, 0.15) is 11.9 Å². The molecule has 3 rings (SSSR count). The number of rotatable bonds is 5. The molecular weight excluding hydrogens is 320 g/mol. The second kappa shape index (κ2) is 7.40. The van der Waals surface area contributed by atoms with Crippen molar-refractivity contribution >= 4 is 34.4 Å². The smallest absolute Gasteiger partial charge is 0.229 e. The number of pyridine rings is 1. The van der Waals surface area contributed by atoms with Gasteiger partial charge in [0.05, 0.1) is 29.6 Å². The van der Waals surface area contributed by atoms with E-state index in [1.165, 1.54) is 0 Å². The molecule has 0 radical (unpaired) electrons. The van der Waals surface area contributed by atoms with Crippen molar-refractivity contribution in [2.45, 2.75) is 6.42 Å². The number of carbonyl (C=O) groups excluding carboxylic acids is 1. The molecule has 1 aromatic carbocycles. The van der Waals surface area contributed by atoms with E-state index < -0.39 is 0 Å². The summed E-state index contributed by atoms with van der Waals surface area (Å²) < 4.78 is 0. The monoisotopic (exact) mass is 334 g/mol. The molecule has 0 aliphatic heterocycles. The van der Waals surface area contributed by atoms with Crippen LogP contribution in [0.25, 0.3) is 0 Å². The number of benzene rings is 1. The number of nitrogens with zero attached hydrogens (tertiary/aromatic N) is 2. The van der Waals surface area contributed by atoms with E-state index in [1.54, 1.807) is 35.7 Å². The van der Waals surface area contributed by atoms with Crippen molar-refractivity contribution < 1.29 is 4.79 Å². The molecule has 0 fully saturated rings. The number of thiophene rings is 1. The van der Waals surface area contributed by atoms with Crippen molar-refractivity contribution in [3.63, 3.8) is 0 Å². The molecule has 3 aromatic rings. The predicted molar refractivity (Wildman–Crippen MR) is 95.3 cm³/mol. The summed E-state index contributed by atoms with van der Waals surface area (Å²) >= 11 is 1.56. The van der Waals surface area contributed by atoms with Gasteiger partial charge >= 0.3 is 0 Å². The number of anilines is 3. The zero-order valence-corrected chi connectivity index (χ0v) is 13.5. The highest BCUT2D eigenvalue weighted by Gasteiger charge is 2.06. The number of carbonyl (C=O) groups is 1. The number of hydrogen-bond donors (Lipinski definition) is 2. The third-order valence-electron chi connectivity index (χ3n) is 3.27. The first-order chi connectivity index (χ1) is 11.7. The Hall–Kier alpha value is -3.17. The van der Waals surface area contributed by atoms with Crippen LogP contribution in [0.3, 0.4) is 0 Å². The molecule has 0 aliphatic carbocycles. The first kappa shape index (κ1) is 15.7. The average molecular weight is 334 g/mol. The van der Waals surface area contributed by atoms with Gasteiger partial charge in [-0.05, 0) is 35.7 Å². The van der Waals surface area contributed by atoms with Crippen LogP contribution >= 0.6 is 11.3 Å². The molecular formula is C18H14N4OS. The van der Waals surface area contributed by atoms with Crippen LogP contribution in [0.5, 0.6) is 0 Å². The molecule has 0 unspecified atom stereocenters. The van der Waals surface area contributed by atoms with Crippen molar-refractivity contribution in [3.05, 3.63) is 70.5 Å². The minimum Gasteiger partial charge on any atom is -0.339 e. The van der Waals surface area contributed by atoms with E-state index in [9.17, 15) is 4.79 Å². The van der Waals surface area contributed by atoms with Crippen LogP contribution in [0.1, 0.15) is 10.4 Å². The lowest BCUT2D eigenvalue weighted by atomic mass is 10.2. The highest BCUT2D eigenvalue weighted by Crippen LogP contribution is 2.20. The van der Waals surface area contributed by atoms with E-state index in [4.69, 9.17) is 5.26 Å². The molecule has 0 atom stereocenters. The molecule has 0 saturated heterocycles. The summed E-state index contributed by atoms with van der Waals surface area (Å²) in [4.78, 5) is 17.2. The summed E-state index contributed by atoms with van der Waals surface area (Å²) in [6.07, 6.45) is 1.94. The standard InChI is InChI=1S/C18H14N4OS/c19-11-13-4-1-2-6-16(13)22-17-8-7-14(12-20-17)21-18(23)10-15-5-3-9-24-15/h1-9,12H,10H2,(H,20,22)(H,21,23). The molecule has 5 nitrogen and oxygen atoms in total. The Bertz CT molecular complexity index is 867. The maximum absolute atomic E-state index is 12.0. The lowest BCUT2D eigenvalue weighted by molar-refractivity contribution is -0.115. The van der Waals surface area contributed by atoms with E-state index in [1.807, 2.05) is 35.7 Å². The summed E-state index contributed by atoms with van der Waals surface area (Å²) in [6, 6.07) is 16.7. The van der Waals surface area contributed by atoms with Gasteiger partial charge in [0.25, 0.3) is 0 Å². The molecule has 0 saturated carbocycles. The molecule has 1 amide bonds. The number of hydrogen-bond acceptors (Lipinski definition) is 5. The van der Waals surface area contributed by atoms with E-state index in [-0.39, 0.29) is 5.91 Å². The molecule has 2 heterocycles. The van der Waals surface area contributed by atoms with Crippen molar-refractivity contribution in [1.29, 1.82) is 5.26 Å². The van der Waals surface area contributed by atoms with Gasteiger partial charge < -0.3 is 10.6 Å². The summed E-state index contributed by atoms with van der Waals surface area (Å²) in [6.45, 7) is 0. The van der Waals surface area contributed by atoms with Crippen LogP contribution < -0.4 is 10.6 Å². The SMILES string of the molecule is N#Cc1ccccc1Nc1ccc(NC(=O)Cc2cccs2)cn1. The second-order valence-corrected chi connectivity index (χ2v) is 6.05. The zero-order valence-electron chi connectivity index (χ0n) is 12.7. The normalized spacial score (nSPS) is 9.96. The first-order valence-electron chi connectivity index (χ1n) is 7.29. The topological polar surface area (TPSA) is 77.8 Å². The molecule has 24 heavy (non-hydrogen) atoms. The molecule has 0 bridgehead atoms. The molecule has 2 aromatic heterocycles. The van der Waals surface area contributed by atoms with Crippen molar-refractivity contribution in [3.8, 4) is 6.07 Å². The van der Waals surface area contributed by atoms with Gasteiger partial charge in [-0.25, -0.2) is 4.98 Å². The maximum Gasteiger partial charge on any atom is 0.229 e. The number of aromatic nitrogens is 1. The van der Waals surface area contributed by atoms with Crippen LogP contribution in [-0.4, -0.2) is 10.9 Å². The quantitative estimate of drug-likeness (QED) is 0.741. The van der Waals surface area contributed by atoms with Crippen molar-refractivity contribution in [2.24, 2.45) is 0 Å². The van der Waals surface area contributed by atoms with Gasteiger partial charge in [-0.15, -0.1) is 11.3 Å². The average Bonchev–Trinajstić information content (AvgIpc) is 3.10. The molecule has 118 valence electrons. The van der Waals surface area contributed by atoms with Crippen LogP contribution in [0.4, 0.5) is 17.2 Å². The van der Waals surface area contributed by atoms with E-state index in [0.717, 1.165) is 4.88 Å². The summed E-state index contributed by atoms with van der Waals surface area (Å²) in [5.41, 5.74) is 1.88. The summed E-state index contributed by atoms with van der Waals surface area (Å²) in [5, 5.41) is 17.0. The van der Waals surface area contributed by atoms with Crippen LogP contribution in [0, 0.1) is 11.3 Å². The Balaban J connectivity index is 1.63. The number of para-hydroxylation sites is 1. The van der Waals surface area contributed by atoms with Crippen molar-refractivity contribution in [2.75, 3.05) is 10.6 Å². The highest BCUT2D eigenvalue weighted by atomic mass is 32.1. The highest BCUT2D eigenvalue weighted by molar-refractivity contribution is 7.10. The fourth-order valence-corrected chi connectivity index (χ4v) is 2.85. The minimum absolute atomic E-state index is 0.0743. The first-order valence-corrected chi connectivity index (χ1v) is 8.17. The summed E-state index contributed by atoms with van der Waals surface area (Å²) in [7, 11) is 0. The van der Waals surface area contributed by atoms with Crippen LogP contribution in [-0.2, 0) is 11.2 Å². The van der Waals surface area contributed by atoms with E-state index in [0.29, 0.717) is 29.2 Å². The van der Waals surface area contributed by atoms with Crippen LogP contribution in [0.15, 0.2) is 60.1 Å². The third kappa shape index (κ3) is 3.97. The second-order valence-electron chi connectivity index (χ2n) is 5.02. The van der Waals surface area contributed by atoms with Crippen LogP contribution in [0.2, 0.25) is 0 Å². The van der Waals surface area contributed by atoms with Gasteiger partial charge in [-0.3, -0.25) is 4.79 Å². The Morgan fingerprint density at radius 2 is 2.04 bits per heavy atom. The van der Waals surface area contributed by atoms with E-state index in [2.05, 4.69) is 21.7 Å². The number of nitrogens with one attached hydrogen (secondary N) is 2. The predicted octanol–water partition coefficient (Wildman–Crippen LogP) is 3.94. The van der Waals surface area contributed by atoms with Gasteiger partial charge in [-0.2, -0.15) is 5.26 Å². The Morgan fingerprint density at radius 1 is 1.17 bits per heavy atom. The lowest BCUT2D eigenvalue weighted by Crippen LogP contribution is -2.13. The number of amides is 1. The largest absolute Gasteiger partial charge is 0.339 e. The number of nitriles is 1. The Labute approximate surface area is 143 Å². The molecule has 6 heteroatoms. The van der Waals surface area contributed by atoms with E-state index >= 15 is 0 Å².